The lowest BCUT2D eigenvalue weighted by Gasteiger charge is -2.14. The van der Waals surface area contributed by atoms with Gasteiger partial charge in [0.2, 0.25) is 0 Å². The standard InChI is InChI=1S/C12H16N2O5/c1-19-7-2-3-9(13)8(6-7)11(16)14-10(4-5-15)12(17)18/h2-3,6,10,15H,4-5,13H2,1H3,(H,14,16)(H,17,18)/t10-/m0/s1. The van der Waals surface area contributed by atoms with Crippen LogP contribution in [-0.2, 0) is 4.79 Å². The molecule has 0 radical (unpaired) electrons. The first-order valence-electron chi connectivity index (χ1n) is 5.57. The maximum atomic E-state index is 11.9. The smallest absolute Gasteiger partial charge is 0.326 e. The zero-order valence-electron chi connectivity index (χ0n) is 10.4. The summed E-state index contributed by atoms with van der Waals surface area (Å²) in [6.45, 7) is -0.342. The molecule has 1 aromatic rings. The van der Waals surface area contributed by atoms with E-state index in [9.17, 15) is 9.59 Å². The molecule has 19 heavy (non-hydrogen) atoms. The number of hydrogen-bond acceptors (Lipinski definition) is 5. The lowest BCUT2D eigenvalue weighted by Crippen LogP contribution is -2.41. The van der Waals surface area contributed by atoms with Crippen molar-refractivity contribution >= 4 is 17.6 Å². The fourth-order valence-electron chi connectivity index (χ4n) is 1.48. The van der Waals surface area contributed by atoms with Gasteiger partial charge in [0.05, 0.1) is 12.7 Å². The molecular formula is C12H16N2O5. The summed E-state index contributed by atoms with van der Waals surface area (Å²) in [6, 6.07) is 3.34. The van der Waals surface area contributed by atoms with Crippen LogP contribution in [0.1, 0.15) is 16.8 Å². The van der Waals surface area contributed by atoms with E-state index >= 15 is 0 Å². The molecule has 0 aliphatic heterocycles. The van der Waals surface area contributed by atoms with E-state index in [1.165, 1.54) is 19.2 Å². The average Bonchev–Trinajstić information content (AvgIpc) is 2.38. The van der Waals surface area contributed by atoms with E-state index < -0.39 is 17.9 Å². The molecule has 1 atom stereocenters. The molecule has 0 unspecified atom stereocenters. The van der Waals surface area contributed by atoms with Gasteiger partial charge in [-0.25, -0.2) is 4.79 Å². The Bertz CT molecular complexity index is 475. The lowest BCUT2D eigenvalue weighted by molar-refractivity contribution is -0.139. The predicted octanol–water partition coefficient (Wildman–Crippen LogP) is -0.157. The Morgan fingerprint density at radius 3 is 2.68 bits per heavy atom. The van der Waals surface area contributed by atoms with Crippen molar-refractivity contribution in [3.05, 3.63) is 23.8 Å². The Hall–Kier alpha value is -2.28. The number of carboxylic acids is 1. The summed E-state index contributed by atoms with van der Waals surface area (Å²) >= 11 is 0. The molecular weight excluding hydrogens is 252 g/mol. The van der Waals surface area contributed by atoms with Gasteiger partial charge in [0, 0.05) is 18.7 Å². The molecule has 0 saturated heterocycles. The Labute approximate surface area is 110 Å². The van der Waals surface area contributed by atoms with E-state index in [0.717, 1.165) is 0 Å². The molecule has 0 heterocycles. The zero-order valence-corrected chi connectivity index (χ0v) is 10.4. The molecule has 104 valence electrons. The molecule has 7 heteroatoms. The minimum absolute atomic E-state index is 0.0784. The molecule has 7 nitrogen and oxygen atoms in total. The number of carboxylic acid groups (broad SMARTS) is 1. The highest BCUT2D eigenvalue weighted by Gasteiger charge is 2.21. The number of hydrogen-bond donors (Lipinski definition) is 4. The number of nitrogen functional groups attached to an aromatic ring is 1. The van der Waals surface area contributed by atoms with E-state index in [-0.39, 0.29) is 24.3 Å². The summed E-state index contributed by atoms with van der Waals surface area (Å²) in [5.41, 5.74) is 6.00. The first-order valence-corrected chi connectivity index (χ1v) is 5.57. The maximum absolute atomic E-state index is 11.9. The summed E-state index contributed by atoms with van der Waals surface area (Å²) in [7, 11) is 1.44. The minimum atomic E-state index is -1.22. The van der Waals surface area contributed by atoms with E-state index in [1.54, 1.807) is 6.07 Å². The molecule has 5 N–H and O–H groups in total. The number of methoxy groups -OCH3 is 1. The van der Waals surface area contributed by atoms with Gasteiger partial charge >= 0.3 is 5.97 Å². The van der Waals surface area contributed by atoms with Crippen molar-refractivity contribution in [3.63, 3.8) is 0 Å². The fraction of sp³-hybridized carbons (Fsp3) is 0.333. The number of benzene rings is 1. The summed E-state index contributed by atoms with van der Waals surface area (Å²) < 4.78 is 4.97. The number of aliphatic carboxylic acids is 1. The zero-order chi connectivity index (χ0) is 14.4. The average molecular weight is 268 g/mol. The van der Waals surface area contributed by atoms with Crippen LogP contribution in [0.25, 0.3) is 0 Å². The normalized spacial score (nSPS) is 11.7. The van der Waals surface area contributed by atoms with Crippen LogP contribution in [0.5, 0.6) is 5.75 Å². The summed E-state index contributed by atoms with van der Waals surface area (Å²) in [4.78, 5) is 22.8. The van der Waals surface area contributed by atoms with Crippen LogP contribution in [-0.4, -0.2) is 41.8 Å². The van der Waals surface area contributed by atoms with Gasteiger partial charge in [0.15, 0.2) is 0 Å². The van der Waals surface area contributed by atoms with Gasteiger partial charge in [-0.05, 0) is 18.2 Å². The molecule has 0 spiro atoms. The van der Waals surface area contributed by atoms with Crippen LogP contribution in [0.2, 0.25) is 0 Å². The number of aliphatic hydroxyl groups is 1. The Morgan fingerprint density at radius 2 is 2.16 bits per heavy atom. The van der Waals surface area contributed by atoms with E-state index in [2.05, 4.69) is 5.32 Å². The van der Waals surface area contributed by atoms with E-state index in [1.807, 2.05) is 0 Å². The number of aliphatic hydroxyl groups excluding tert-OH is 1. The molecule has 1 aromatic carbocycles. The van der Waals surface area contributed by atoms with Crippen LogP contribution in [0.3, 0.4) is 0 Å². The van der Waals surface area contributed by atoms with Gasteiger partial charge in [-0.3, -0.25) is 4.79 Å². The Kier molecular flexibility index (Phi) is 5.13. The van der Waals surface area contributed by atoms with Crippen molar-refractivity contribution in [2.24, 2.45) is 0 Å². The number of nitrogens with one attached hydrogen (secondary N) is 1. The topological polar surface area (TPSA) is 122 Å². The number of carbonyl (C=O) groups excluding carboxylic acids is 1. The van der Waals surface area contributed by atoms with Crippen LogP contribution in [0, 0.1) is 0 Å². The number of rotatable bonds is 6. The minimum Gasteiger partial charge on any atom is -0.497 e. The van der Waals surface area contributed by atoms with E-state index in [0.29, 0.717) is 5.75 Å². The second kappa shape index (κ2) is 6.60. The highest BCUT2D eigenvalue weighted by atomic mass is 16.5. The van der Waals surface area contributed by atoms with Gasteiger partial charge in [0.1, 0.15) is 11.8 Å². The summed E-state index contributed by atoms with van der Waals surface area (Å²) in [5, 5.41) is 19.9. The number of amides is 1. The highest BCUT2D eigenvalue weighted by molar-refractivity contribution is 6.01. The van der Waals surface area contributed by atoms with Crippen molar-refractivity contribution in [1.82, 2.24) is 5.32 Å². The number of carbonyl (C=O) groups is 2. The number of anilines is 1. The van der Waals surface area contributed by atoms with Crippen molar-refractivity contribution in [1.29, 1.82) is 0 Å². The summed E-state index contributed by atoms with van der Waals surface area (Å²) in [6.07, 6.45) is -0.0784. The quantitative estimate of drug-likeness (QED) is 0.532. The van der Waals surface area contributed by atoms with Crippen LogP contribution >= 0.6 is 0 Å². The fourth-order valence-corrected chi connectivity index (χ4v) is 1.48. The Morgan fingerprint density at radius 1 is 1.47 bits per heavy atom. The third kappa shape index (κ3) is 3.85. The van der Waals surface area contributed by atoms with Crippen LogP contribution < -0.4 is 15.8 Å². The number of nitrogens with two attached hydrogens (primary N) is 1. The van der Waals surface area contributed by atoms with Crippen LogP contribution in [0.4, 0.5) is 5.69 Å². The van der Waals surface area contributed by atoms with Crippen molar-refractivity contribution in [3.8, 4) is 5.75 Å². The third-order valence-electron chi connectivity index (χ3n) is 2.53. The lowest BCUT2D eigenvalue weighted by atomic mass is 10.1. The van der Waals surface area contributed by atoms with Gasteiger partial charge in [-0.2, -0.15) is 0 Å². The molecule has 0 aliphatic carbocycles. The monoisotopic (exact) mass is 268 g/mol. The molecule has 0 saturated carbocycles. The van der Waals surface area contributed by atoms with Crippen molar-refractivity contribution in [2.45, 2.75) is 12.5 Å². The first kappa shape index (κ1) is 14.8. The second-order valence-corrected chi connectivity index (χ2v) is 3.83. The van der Waals surface area contributed by atoms with E-state index in [4.69, 9.17) is 20.7 Å². The highest BCUT2D eigenvalue weighted by Crippen LogP contribution is 2.19. The third-order valence-corrected chi connectivity index (χ3v) is 2.53. The second-order valence-electron chi connectivity index (χ2n) is 3.83. The maximum Gasteiger partial charge on any atom is 0.326 e. The SMILES string of the molecule is COc1ccc(N)c(C(=O)N[C@@H](CCO)C(=O)O)c1. The molecule has 0 fully saturated rings. The first-order chi connectivity index (χ1) is 8.99. The van der Waals surface area contributed by atoms with Gasteiger partial charge in [-0.1, -0.05) is 0 Å². The van der Waals surface area contributed by atoms with Gasteiger partial charge < -0.3 is 26.0 Å². The largest absolute Gasteiger partial charge is 0.497 e. The number of ether oxygens (including phenoxy) is 1. The predicted molar refractivity (Wildman–Crippen MR) is 68.0 cm³/mol. The molecule has 1 rings (SSSR count). The summed E-state index contributed by atoms with van der Waals surface area (Å²) in [5.74, 6) is -1.41. The molecule has 0 aromatic heterocycles. The van der Waals surface area contributed by atoms with Gasteiger partial charge in [0.25, 0.3) is 5.91 Å². The molecule has 1 amide bonds. The molecule has 0 bridgehead atoms. The Balaban J connectivity index is 2.90. The van der Waals surface area contributed by atoms with Crippen molar-refractivity contribution < 1.29 is 24.5 Å². The van der Waals surface area contributed by atoms with Crippen molar-refractivity contribution in [2.75, 3.05) is 19.5 Å². The molecule has 0 aliphatic rings. The van der Waals surface area contributed by atoms with Gasteiger partial charge in [-0.15, -0.1) is 0 Å². The van der Waals surface area contributed by atoms with Crippen LogP contribution in [0.15, 0.2) is 18.2 Å².